The van der Waals surface area contributed by atoms with Crippen molar-refractivity contribution in [2.24, 2.45) is 5.92 Å². The second kappa shape index (κ2) is 5.77. The molecule has 0 spiro atoms. The van der Waals surface area contributed by atoms with E-state index in [4.69, 9.17) is 16.3 Å². The summed E-state index contributed by atoms with van der Waals surface area (Å²) in [5.41, 5.74) is 1.62. The molecule has 0 radical (unpaired) electrons. The molecule has 0 saturated carbocycles. The van der Waals surface area contributed by atoms with E-state index in [0.717, 1.165) is 43.0 Å². The van der Waals surface area contributed by atoms with Gasteiger partial charge in [0.1, 0.15) is 11.6 Å². The van der Waals surface area contributed by atoms with Crippen molar-refractivity contribution >= 4 is 45.2 Å². The van der Waals surface area contributed by atoms with Gasteiger partial charge in [-0.05, 0) is 42.0 Å². The van der Waals surface area contributed by atoms with Crippen molar-refractivity contribution in [1.29, 1.82) is 0 Å². The van der Waals surface area contributed by atoms with E-state index < -0.39 is 0 Å². The number of aromatic nitrogens is 2. The highest BCUT2D eigenvalue weighted by Gasteiger charge is 2.22. The van der Waals surface area contributed by atoms with Crippen molar-refractivity contribution in [3.63, 3.8) is 0 Å². The number of imidazole rings is 1. The highest BCUT2D eigenvalue weighted by Crippen LogP contribution is 2.29. The molecule has 0 N–H and O–H groups in total. The summed E-state index contributed by atoms with van der Waals surface area (Å²) in [6, 6.07) is 3.33. The molecule has 3 nitrogen and oxygen atoms in total. The summed E-state index contributed by atoms with van der Waals surface area (Å²) in [6.07, 6.45) is 1.03. The van der Waals surface area contributed by atoms with Gasteiger partial charge in [-0.2, -0.15) is 0 Å². The SMILES string of the molecule is CC(Cl)c1nc2cc(I)c(F)cc2n1CC1CCOC1. The average Bonchev–Trinajstić information content (AvgIpc) is 3.00. The lowest BCUT2D eigenvalue weighted by Crippen LogP contribution is -2.13. The summed E-state index contributed by atoms with van der Waals surface area (Å²) in [5, 5.41) is -0.203. The number of hydrogen-bond acceptors (Lipinski definition) is 2. The predicted molar refractivity (Wildman–Crippen MR) is 85.6 cm³/mol. The van der Waals surface area contributed by atoms with E-state index >= 15 is 0 Å². The lowest BCUT2D eigenvalue weighted by atomic mass is 10.1. The van der Waals surface area contributed by atoms with E-state index in [1.807, 2.05) is 34.1 Å². The first kappa shape index (κ1) is 14.5. The Morgan fingerprint density at radius 2 is 2.40 bits per heavy atom. The maximum atomic E-state index is 13.8. The number of fused-ring (bicyclic) bond motifs is 1. The number of hydrogen-bond donors (Lipinski definition) is 0. The third kappa shape index (κ3) is 2.67. The van der Waals surface area contributed by atoms with Crippen molar-refractivity contribution in [3.8, 4) is 0 Å². The quantitative estimate of drug-likeness (QED) is 0.564. The fraction of sp³-hybridized carbons (Fsp3) is 0.500. The van der Waals surface area contributed by atoms with Gasteiger partial charge in [0.25, 0.3) is 0 Å². The van der Waals surface area contributed by atoms with Crippen LogP contribution in [0.2, 0.25) is 0 Å². The number of alkyl halides is 1. The van der Waals surface area contributed by atoms with Crippen LogP contribution in [0.5, 0.6) is 0 Å². The lowest BCUT2D eigenvalue weighted by molar-refractivity contribution is 0.182. The largest absolute Gasteiger partial charge is 0.381 e. The summed E-state index contributed by atoms with van der Waals surface area (Å²) in [5.74, 6) is 1.04. The highest BCUT2D eigenvalue weighted by molar-refractivity contribution is 14.1. The highest BCUT2D eigenvalue weighted by atomic mass is 127. The molecule has 1 fully saturated rings. The van der Waals surface area contributed by atoms with Crippen molar-refractivity contribution in [3.05, 3.63) is 27.3 Å². The molecule has 0 bridgehead atoms. The Kier molecular flexibility index (Phi) is 4.19. The number of ether oxygens (including phenoxy) is 1. The predicted octanol–water partition coefficient (Wildman–Crippen LogP) is 4.12. The van der Waals surface area contributed by atoms with Crippen LogP contribution in [0.3, 0.4) is 0 Å². The molecule has 20 heavy (non-hydrogen) atoms. The van der Waals surface area contributed by atoms with Gasteiger partial charge in [0.05, 0.1) is 26.6 Å². The Hall–Kier alpha value is -0.400. The molecule has 1 aromatic heterocycles. The van der Waals surface area contributed by atoms with Gasteiger partial charge in [-0.15, -0.1) is 11.6 Å². The molecule has 2 heterocycles. The number of benzene rings is 1. The fourth-order valence-corrected chi connectivity index (χ4v) is 3.24. The van der Waals surface area contributed by atoms with Crippen LogP contribution in [0.4, 0.5) is 4.39 Å². The van der Waals surface area contributed by atoms with Crippen LogP contribution in [0, 0.1) is 15.3 Å². The van der Waals surface area contributed by atoms with Crippen LogP contribution in [-0.2, 0) is 11.3 Å². The summed E-state index contributed by atoms with van der Waals surface area (Å²) in [7, 11) is 0. The Balaban J connectivity index is 2.10. The van der Waals surface area contributed by atoms with E-state index in [1.165, 1.54) is 0 Å². The van der Waals surface area contributed by atoms with E-state index in [0.29, 0.717) is 9.49 Å². The summed E-state index contributed by atoms with van der Waals surface area (Å²) < 4.78 is 21.9. The molecule has 6 heteroatoms. The van der Waals surface area contributed by atoms with Crippen molar-refractivity contribution < 1.29 is 9.13 Å². The molecule has 108 valence electrons. The molecule has 0 amide bonds. The van der Waals surface area contributed by atoms with E-state index in [1.54, 1.807) is 12.1 Å². The number of rotatable bonds is 3. The van der Waals surface area contributed by atoms with Crippen LogP contribution >= 0.6 is 34.2 Å². The van der Waals surface area contributed by atoms with Gasteiger partial charge in [0, 0.05) is 25.1 Å². The Morgan fingerprint density at radius 3 is 3.05 bits per heavy atom. The number of halogens is 3. The van der Waals surface area contributed by atoms with E-state index in [2.05, 4.69) is 4.98 Å². The van der Waals surface area contributed by atoms with Crippen molar-refractivity contribution in [2.75, 3.05) is 13.2 Å². The van der Waals surface area contributed by atoms with Crippen LogP contribution in [0.25, 0.3) is 11.0 Å². The third-order valence-corrected chi connectivity index (χ3v) is 4.66. The first-order chi connectivity index (χ1) is 9.56. The molecule has 0 aliphatic carbocycles. The number of nitrogens with zero attached hydrogens (tertiary/aromatic N) is 2. The van der Waals surface area contributed by atoms with Crippen LogP contribution in [-0.4, -0.2) is 22.8 Å². The maximum Gasteiger partial charge on any atom is 0.138 e. The monoisotopic (exact) mass is 408 g/mol. The van der Waals surface area contributed by atoms with Crippen LogP contribution < -0.4 is 0 Å². The normalized spacial score (nSPS) is 20.7. The van der Waals surface area contributed by atoms with Gasteiger partial charge in [-0.25, -0.2) is 9.37 Å². The topological polar surface area (TPSA) is 27.1 Å². The average molecular weight is 409 g/mol. The minimum Gasteiger partial charge on any atom is -0.381 e. The maximum absolute atomic E-state index is 13.8. The molecule has 1 aliphatic rings. The third-order valence-electron chi connectivity index (χ3n) is 3.64. The molecule has 2 aromatic rings. The van der Waals surface area contributed by atoms with Crippen molar-refractivity contribution in [2.45, 2.75) is 25.3 Å². The molecule has 2 unspecified atom stereocenters. The minimum absolute atomic E-state index is 0.203. The van der Waals surface area contributed by atoms with Gasteiger partial charge < -0.3 is 9.30 Å². The molecule has 3 rings (SSSR count). The van der Waals surface area contributed by atoms with Gasteiger partial charge in [0.15, 0.2) is 0 Å². The van der Waals surface area contributed by atoms with E-state index in [9.17, 15) is 4.39 Å². The standard InChI is InChI=1S/C14H15ClFIN2O/c1-8(15)14-18-12-5-11(17)10(16)4-13(12)19(14)6-9-2-3-20-7-9/h4-5,8-9H,2-3,6-7H2,1H3. The summed E-state index contributed by atoms with van der Waals surface area (Å²) in [6.45, 7) is 4.23. The zero-order valence-electron chi connectivity index (χ0n) is 11.1. The minimum atomic E-state index is -0.212. The second-order valence-corrected chi connectivity index (χ2v) is 7.00. The molecular weight excluding hydrogens is 394 g/mol. The zero-order chi connectivity index (χ0) is 14.3. The Bertz CT molecular complexity index is 638. The molecule has 2 atom stereocenters. The molecule has 1 aromatic carbocycles. The second-order valence-electron chi connectivity index (χ2n) is 5.18. The Labute approximate surface area is 135 Å². The summed E-state index contributed by atoms with van der Waals surface area (Å²) >= 11 is 8.22. The van der Waals surface area contributed by atoms with Gasteiger partial charge >= 0.3 is 0 Å². The van der Waals surface area contributed by atoms with E-state index in [-0.39, 0.29) is 11.2 Å². The molecule has 1 aliphatic heterocycles. The molecular formula is C14H15ClFIN2O. The Morgan fingerprint density at radius 1 is 1.60 bits per heavy atom. The van der Waals surface area contributed by atoms with Crippen molar-refractivity contribution in [1.82, 2.24) is 9.55 Å². The molecule has 1 saturated heterocycles. The van der Waals surface area contributed by atoms with Gasteiger partial charge in [-0.1, -0.05) is 0 Å². The fourth-order valence-electron chi connectivity index (χ4n) is 2.62. The van der Waals surface area contributed by atoms with Crippen LogP contribution in [0.1, 0.15) is 24.5 Å². The van der Waals surface area contributed by atoms with Gasteiger partial charge in [-0.3, -0.25) is 0 Å². The summed E-state index contributed by atoms with van der Waals surface area (Å²) in [4.78, 5) is 4.57. The van der Waals surface area contributed by atoms with Gasteiger partial charge in [0.2, 0.25) is 0 Å². The zero-order valence-corrected chi connectivity index (χ0v) is 14.0. The van der Waals surface area contributed by atoms with Crippen LogP contribution in [0.15, 0.2) is 12.1 Å². The lowest BCUT2D eigenvalue weighted by Gasteiger charge is -2.14. The smallest absolute Gasteiger partial charge is 0.138 e. The first-order valence-corrected chi connectivity index (χ1v) is 8.14. The first-order valence-electron chi connectivity index (χ1n) is 6.63.